The van der Waals surface area contributed by atoms with Crippen LogP contribution in [0.25, 0.3) is 0 Å². The molecule has 0 radical (unpaired) electrons. The van der Waals surface area contributed by atoms with E-state index in [0.29, 0.717) is 28.3 Å². The van der Waals surface area contributed by atoms with E-state index < -0.39 is 0 Å². The van der Waals surface area contributed by atoms with Crippen LogP contribution in [0, 0.1) is 5.92 Å². The first-order chi connectivity index (χ1) is 9.95. The van der Waals surface area contributed by atoms with Crippen LogP contribution in [0.3, 0.4) is 0 Å². The van der Waals surface area contributed by atoms with Crippen molar-refractivity contribution in [3.8, 4) is 0 Å². The van der Waals surface area contributed by atoms with Crippen LogP contribution in [-0.2, 0) is 4.79 Å². The number of carbonyl (C=O) groups excluding carboxylic acids is 1. The van der Waals surface area contributed by atoms with Gasteiger partial charge in [-0.25, -0.2) is 4.98 Å². The van der Waals surface area contributed by atoms with Gasteiger partial charge in [-0.2, -0.15) is 0 Å². The molecular formula is C14H20Cl2N4O. The average molecular weight is 331 g/mol. The van der Waals surface area contributed by atoms with Gasteiger partial charge in [0.05, 0.1) is 16.6 Å². The first-order valence-electron chi connectivity index (χ1n) is 7.04. The summed E-state index contributed by atoms with van der Waals surface area (Å²) in [5.41, 5.74) is 5.91. The van der Waals surface area contributed by atoms with Gasteiger partial charge >= 0.3 is 0 Å². The van der Waals surface area contributed by atoms with E-state index in [1.807, 2.05) is 6.92 Å². The van der Waals surface area contributed by atoms with Gasteiger partial charge in [-0.3, -0.25) is 9.69 Å². The Morgan fingerprint density at radius 3 is 2.76 bits per heavy atom. The summed E-state index contributed by atoms with van der Waals surface area (Å²) in [5, 5.41) is 3.49. The molecular weight excluding hydrogens is 311 g/mol. The number of nitrogens with two attached hydrogens (primary N) is 1. The Morgan fingerprint density at radius 2 is 2.19 bits per heavy atom. The minimum atomic E-state index is -0.119. The van der Waals surface area contributed by atoms with Crippen LogP contribution < -0.4 is 11.1 Å². The van der Waals surface area contributed by atoms with Gasteiger partial charge in [0, 0.05) is 12.2 Å². The molecule has 0 spiro atoms. The molecule has 1 aromatic rings. The van der Waals surface area contributed by atoms with Crippen LogP contribution in [0.15, 0.2) is 12.3 Å². The summed E-state index contributed by atoms with van der Waals surface area (Å²) in [7, 11) is 0. The van der Waals surface area contributed by atoms with Gasteiger partial charge in [0.1, 0.15) is 0 Å². The third-order valence-corrected chi connectivity index (χ3v) is 4.30. The first-order valence-corrected chi connectivity index (χ1v) is 7.80. The number of rotatable bonds is 4. The number of carbonyl (C=O) groups is 1. The molecule has 1 fully saturated rings. The fourth-order valence-corrected chi connectivity index (χ4v) is 2.95. The summed E-state index contributed by atoms with van der Waals surface area (Å²) in [4.78, 5) is 18.2. The molecule has 1 atom stereocenters. The maximum absolute atomic E-state index is 12.0. The van der Waals surface area contributed by atoms with E-state index in [1.165, 1.54) is 6.20 Å². The molecule has 21 heavy (non-hydrogen) atoms. The van der Waals surface area contributed by atoms with Gasteiger partial charge in [0.15, 0.2) is 5.82 Å². The lowest BCUT2D eigenvalue weighted by Crippen LogP contribution is -2.42. The van der Waals surface area contributed by atoms with Crippen molar-refractivity contribution in [3.63, 3.8) is 0 Å². The Kier molecular flexibility index (Phi) is 5.81. The highest BCUT2D eigenvalue weighted by atomic mass is 35.5. The highest BCUT2D eigenvalue weighted by molar-refractivity contribution is 6.36. The number of hydrogen-bond acceptors (Lipinski definition) is 4. The minimum absolute atomic E-state index is 0.119. The number of likely N-dealkylation sites (tertiary alicyclic amines) is 1. The smallest absolute Gasteiger partial charge is 0.239 e. The van der Waals surface area contributed by atoms with Gasteiger partial charge in [0.2, 0.25) is 5.91 Å². The minimum Gasteiger partial charge on any atom is -0.328 e. The summed E-state index contributed by atoms with van der Waals surface area (Å²) >= 11 is 11.8. The lowest BCUT2D eigenvalue weighted by molar-refractivity contribution is -0.117. The largest absolute Gasteiger partial charge is 0.328 e. The zero-order chi connectivity index (χ0) is 15.4. The van der Waals surface area contributed by atoms with Gasteiger partial charge in [0.25, 0.3) is 0 Å². The van der Waals surface area contributed by atoms with E-state index in [4.69, 9.17) is 28.9 Å². The molecule has 1 aliphatic heterocycles. The van der Waals surface area contributed by atoms with Crippen molar-refractivity contribution >= 4 is 34.9 Å². The molecule has 5 nitrogen and oxygen atoms in total. The summed E-state index contributed by atoms with van der Waals surface area (Å²) in [5.74, 6) is 0.777. The van der Waals surface area contributed by atoms with Crippen molar-refractivity contribution < 1.29 is 4.79 Å². The number of piperidine rings is 1. The SMILES string of the molecule is CC(N)C1CCN(CC(=O)Nc2ncc(Cl)cc2Cl)CC1. The monoisotopic (exact) mass is 330 g/mol. The molecule has 3 N–H and O–H groups in total. The van der Waals surface area contributed by atoms with Crippen LogP contribution in [0.5, 0.6) is 0 Å². The quantitative estimate of drug-likeness (QED) is 0.889. The van der Waals surface area contributed by atoms with Crippen molar-refractivity contribution in [1.82, 2.24) is 9.88 Å². The van der Waals surface area contributed by atoms with E-state index >= 15 is 0 Å². The lowest BCUT2D eigenvalue weighted by Gasteiger charge is -2.33. The molecule has 116 valence electrons. The number of hydrogen-bond donors (Lipinski definition) is 2. The van der Waals surface area contributed by atoms with E-state index in [-0.39, 0.29) is 11.9 Å². The van der Waals surface area contributed by atoms with E-state index in [0.717, 1.165) is 25.9 Å². The Bertz CT molecular complexity index is 502. The number of anilines is 1. The number of nitrogens with zero attached hydrogens (tertiary/aromatic N) is 2. The molecule has 0 saturated carbocycles. The summed E-state index contributed by atoms with van der Waals surface area (Å²) in [6.45, 7) is 4.16. The Hall–Kier alpha value is -0.880. The number of nitrogens with one attached hydrogen (secondary N) is 1. The molecule has 7 heteroatoms. The molecule has 0 aromatic carbocycles. The van der Waals surface area contributed by atoms with Gasteiger partial charge in [-0.1, -0.05) is 23.2 Å². The Labute approximate surface area is 134 Å². The predicted molar refractivity (Wildman–Crippen MR) is 85.7 cm³/mol. The second-order valence-corrected chi connectivity index (χ2v) is 6.35. The first kappa shape index (κ1) is 16.5. The zero-order valence-corrected chi connectivity index (χ0v) is 13.5. The molecule has 1 saturated heterocycles. The number of aromatic nitrogens is 1. The molecule has 1 aliphatic rings. The standard InChI is InChI=1S/C14H20Cl2N4O/c1-9(17)10-2-4-20(5-3-10)8-13(21)19-14-12(16)6-11(15)7-18-14/h6-7,9-10H,2-5,8,17H2,1H3,(H,18,19,21). The highest BCUT2D eigenvalue weighted by Gasteiger charge is 2.23. The number of halogens is 2. The normalized spacial score (nSPS) is 18.5. The van der Waals surface area contributed by atoms with E-state index in [1.54, 1.807) is 6.07 Å². The van der Waals surface area contributed by atoms with Crippen LogP contribution in [-0.4, -0.2) is 41.5 Å². The summed E-state index contributed by atoms with van der Waals surface area (Å²) < 4.78 is 0. The summed E-state index contributed by atoms with van der Waals surface area (Å²) in [6.07, 6.45) is 3.52. The van der Waals surface area contributed by atoms with Crippen LogP contribution in [0.4, 0.5) is 5.82 Å². The van der Waals surface area contributed by atoms with Crippen molar-refractivity contribution in [2.75, 3.05) is 25.0 Å². The zero-order valence-electron chi connectivity index (χ0n) is 12.0. The van der Waals surface area contributed by atoms with Gasteiger partial charge in [-0.15, -0.1) is 0 Å². The summed E-state index contributed by atoms with van der Waals surface area (Å²) in [6, 6.07) is 1.78. The highest BCUT2D eigenvalue weighted by Crippen LogP contribution is 2.23. The second kappa shape index (κ2) is 7.40. The van der Waals surface area contributed by atoms with Crippen molar-refractivity contribution in [3.05, 3.63) is 22.3 Å². The van der Waals surface area contributed by atoms with Gasteiger partial charge < -0.3 is 11.1 Å². The molecule has 1 aromatic heterocycles. The second-order valence-electron chi connectivity index (χ2n) is 5.50. The predicted octanol–water partition coefficient (Wildman–Crippen LogP) is 2.39. The van der Waals surface area contributed by atoms with Gasteiger partial charge in [-0.05, 0) is 44.8 Å². The topological polar surface area (TPSA) is 71.2 Å². The Morgan fingerprint density at radius 1 is 1.52 bits per heavy atom. The van der Waals surface area contributed by atoms with E-state index in [9.17, 15) is 4.79 Å². The fraction of sp³-hybridized carbons (Fsp3) is 0.571. The lowest BCUT2D eigenvalue weighted by atomic mass is 9.91. The number of pyridine rings is 1. The van der Waals surface area contributed by atoms with Crippen LogP contribution in [0.1, 0.15) is 19.8 Å². The molecule has 2 rings (SSSR count). The van der Waals surface area contributed by atoms with Crippen LogP contribution in [0.2, 0.25) is 10.0 Å². The van der Waals surface area contributed by atoms with Crippen molar-refractivity contribution in [1.29, 1.82) is 0 Å². The molecule has 0 bridgehead atoms. The van der Waals surface area contributed by atoms with E-state index in [2.05, 4.69) is 15.2 Å². The molecule has 1 unspecified atom stereocenters. The molecule has 2 heterocycles. The van der Waals surface area contributed by atoms with Crippen LogP contribution >= 0.6 is 23.2 Å². The number of amides is 1. The maximum Gasteiger partial charge on any atom is 0.239 e. The molecule has 0 aliphatic carbocycles. The fourth-order valence-electron chi connectivity index (χ4n) is 2.52. The third kappa shape index (κ3) is 4.81. The third-order valence-electron chi connectivity index (χ3n) is 3.81. The molecule has 1 amide bonds. The van der Waals surface area contributed by atoms with Crippen molar-refractivity contribution in [2.24, 2.45) is 11.7 Å². The Balaban J connectivity index is 1.83. The van der Waals surface area contributed by atoms with Crippen molar-refractivity contribution in [2.45, 2.75) is 25.8 Å². The maximum atomic E-state index is 12.0. The average Bonchev–Trinajstić information content (AvgIpc) is 2.42.